The summed E-state index contributed by atoms with van der Waals surface area (Å²) in [6.45, 7) is 5.71. The second-order valence-electron chi connectivity index (χ2n) is 4.22. The van der Waals surface area contributed by atoms with Crippen LogP contribution >= 0.6 is 11.6 Å². The summed E-state index contributed by atoms with van der Waals surface area (Å²) < 4.78 is 5.28. The first kappa shape index (κ1) is 13.0. The van der Waals surface area contributed by atoms with Gasteiger partial charge >= 0.3 is 0 Å². The molecule has 0 aliphatic heterocycles. The van der Waals surface area contributed by atoms with Crippen molar-refractivity contribution in [3.63, 3.8) is 0 Å². The quantitative estimate of drug-likeness (QED) is 0.804. The van der Waals surface area contributed by atoms with Crippen molar-refractivity contribution in [1.29, 1.82) is 0 Å². The summed E-state index contributed by atoms with van der Waals surface area (Å²) in [4.78, 5) is 11.1. The molecule has 0 aliphatic carbocycles. The molecule has 0 heterocycles. The molecule has 0 amide bonds. The van der Waals surface area contributed by atoms with Crippen LogP contribution in [0.2, 0.25) is 5.02 Å². The molecule has 0 N–H and O–H groups in total. The maximum absolute atomic E-state index is 11.1. The van der Waals surface area contributed by atoms with Gasteiger partial charge in [0.2, 0.25) is 0 Å². The lowest BCUT2D eigenvalue weighted by molar-refractivity contribution is -0.116. The van der Waals surface area contributed by atoms with Crippen molar-refractivity contribution in [1.82, 2.24) is 0 Å². The van der Waals surface area contributed by atoms with E-state index in [4.69, 9.17) is 16.3 Å². The van der Waals surface area contributed by atoms with Crippen LogP contribution < -0.4 is 4.74 Å². The summed E-state index contributed by atoms with van der Waals surface area (Å²) in [5, 5.41) is 0.701. The Morgan fingerprint density at radius 3 is 2.50 bits per heavy atom. The Bertz CT molecular complexity index is 397. The normalized spacial score (nSPS) is 10.6. The van der Waals surface area contributed by atoms with Crippen LogP contribution in [0, 0.1) is 0 Å². The zero-order chi connectivity index (χ0) is 12.3. The third kappa shape index (κ3) is 2.99. The van der Waals surface area contributed by atoms with E-state index in [1.807, 2.05) is 12.1 Å². The predicted octanol–water partition coefficient (Wildman–Crippen LogP) is 3.60. The van der Waals surface area contributed by atoms with E-state index in [1.54, 1.807) is 14.0 Å². The second-order valence-corrected chi connectivity index (χ2v) is 4.63. The first-order valence-corrected chi connectivity index (χ1v) is 5.69. The van der Waals surface area contributed by atoms with Crippen LogP contribution in [0.1, 0.15) is 37.8 Å². The van der Waals surface area contributed by atoms with Gasteiger partial charge in [0.1, 0.15) is 11.5 Å². The topological polar surface area (TPSA) is 26.3 Å². The summed E-state index contributed by atoms with van der Waals surface area (Å²) in [5.41, 5.74) is 1.90. The molecule has 0 bridgehead atoms. The van der Waals surface area contributed by atoms with Crippen molar-refractivity contribution >= 4 is 17.4 Å². The number of rotatable bonds is 4. The summed E-state index contributed by atoms with van der Waals surface area (Å²) in [7, 11) is 1.61. The van der Waals surface area contributed by atoms with Crippen molar-refractivity contribution in [3.05, 3.63) is 28.3 Å². The third-order valence-electron chi connectivity index (χ3n) is 2.46. The fraction of sp³-hybridized carbons (Fsp3) is 0.462. The molecule has 0 saturated heterocycles. The minimum Gasteiger partial charge on any atom is -0.496 e. The molecular formula is C13H17ClO2. The van der Waals surface area contributed by atoms with Crippen molar-refractivity contribution < 1.29 is 9.53 Å². The van der Waals surface area contributed by atoms with Gasteiger partial charge in [0.05, 0.1) is 7.11 Å². The van der Waals surface area contributed by atoms with Crippen LogP contribution in [0.25, 0.3) is 0 Å². The lowest BCUT2D eigenvalue weighted by Crippen LogP contribution is -2.01. The molecule has 88 valence electrons. The van der Waals surface area contributed by atoms with Crippen molar-refractivity contribution in [2.24, 2.45) is 0 Å². The number of hydrogen-bond acceptors (Lipinski definition) is 2. The molecule has 0 saturated carbocycles. The average Bonchev–Trinajstić information content (AvgIpc) is 2.16. The van der Waals surface area contributed by atoms with Crippen LogP contribution in [0.15, 0.2) is 12.1 Å². The third-order valence-corrected chi connectivity index (χ3v) is 2.79. The Morgan fingerprint density at radius 2 is 2.06 bits per heavy atom. The molecule has 0 unspecified atom stereocenters. The van der Waals surface area contributed by atoms with Gasteiger partial charge in [0.15, 0.2) is 0 Å². The summed E-state index contributed by atoms with van der Waals surface area (Å²) in [5.74, 6) is 1.18. The van der Waals surface area contributed by atoms with E-state index in [-0.39, 0.29) is 5.78 Å². The van der Waals surface area contributed by atoms with Crippen LogP contribution in [0.4, 0.5) is 0 Å². The molecule has 3 heteroatoms. The highest BCUT2D eigenvalue weighted by Crippen LogP contribution is 2.32. The zero-order valence-electron chi connectivity index (χ0n) is 10.1. The van der Waals surface area contributed by atoms with E-state index in [1.165, 1.54) is 0 Å². The van der Waals surface area contributed by atoms with Crippen molar-refractivity contribution in [2.75, 3.05) is 7.11 Å². The van der Waals surface area contributed by atoms with Gasteiger partial charge in [-0.15, -0.1) is 0 Å². The fourth-order valence-electron chi connectivity index (χ4n) is 1.65. The van der Waals surface area contributed by atoms with E-state index >= 15 is 0 Å². The number of carbonyl (C=O) groups excluding carboxylic acids is 1. The SMILES string of the molecule is COc1cc(C(C)C)c(Cl)cc1CC(C)=O. The fourth-order valence-corrected chi connectivity index (χ4v) is 2.05. The predicted molar refractivity (Wildman–Crippen MR) is 66.5 cm³/mol. The molecule has 1 aromatic carbocycles. The largest absolute Gasteiger partial charge is 0.496 e. The maximum Gasteiger partial charge on any atom is 0.134 e. The Kier molecular flexibility index (Phi) is 4.36. The smallest absolute Gasteiger partial charge is 0.134 e. The number of ketones is 1. The minimum absolute atomic E-state index is 0.103. The van der Waals surface area contributed by atoms with Gasteiger partial charge in [-0.05, 0) is 30.5 Å². The van der Waals surface area contributed by atoms with Gasteiger partial charge in [0.25, 0.3) is 0 Å². The number of methoxy groups -OCH3 is 1. The minimum atomic E-state index is 0.103. The van der Waals surface area contributed by atoms with E-state index < -0.39 is 0 Å². The highest BCUT2D eigenvalue weighted by Gasteiger charge is 2.12. The number of ether oxygens (including phenoxy) is 1. The molecule has 1 aromatic rings. The molecular weight excluding hydrogens is 224 g/mol. The molecule has 16 heavy (non-hydrogen) atoms. The van der Waals surface area contributed by atoms with E-state index in [0.717, 1.165) is 16.9 Å². The monoisotopic (exact) mass is 240 g/mol. The molecule has 2 nitrogen and oxygen atoms in total. The number of Topliss-reactive ketones (excluding diaryl/α,β-unsaturated/α-hetero) is 1. The summed E-state index contributed by atoms with van der Waals surface area (Å²) in [6.07, 6.45) is 0.362. The van der Waals surface area contributed by atoms with Gasteiger partial charge in [-0.25, -0.2) is 0 Å². The molecule has 0 aliphatic rings. The first-order valence-electron chi connectivity index (χ1n) is 5.31. The van der Waals surface area contributed by atoms with E-state index in [2.05, 4.69) is 13.8 Å². The Morgan fingerprint density at radius 1 is 1.44 bits per heavy atom. The standard InChI is InChI=1S/C13H17ClO2/c1-8(2)11-7-13(16-4)10(5-9(3)15)6-12(11)14/h6-8H,5H2,1-4H3. The number of halogens is 1. The van der Waals surface area contributed by atoms with Gasteiger partial charge < -0.3 is 4.74 Å². The van der Waals surface area contributed by atoms with Crippen LogP contribution in [0.5, 0.6) is 5.75 Å². The van der Waals surface area contributed by atoms with Crippen LogP contribution in [-0.2, 0) is 11.2 Å². The van der Waals surface area contributed by atoms with Crippen molar-refractivity contribution in [3.8, 4) is 5.75 Å². The van der Waals surface area contributed by atoms with Crippen LogP contribution in [0.3, 0.4) is 0 Å². The molecule has 0 spiro atoms. The summed E-state index contributed by atoms with van der Waals surface area (Å²) in [6, 6.07) is 3.75. The van der Waals surface area contributed by atoms with Gasteiger partial charge in [-0.1, -0.05) is 25.4 Å². The van der Waals surface area contributed by atoms with Gasteiger partial charge in [0, 0.05) is 17.0 Å². The molecule has 0 aromatic heterocycles. The maximum atomic E-state index is 11.1. The lowest BCUT2D eigenvalue weighted by atomic mass is 9.99. The van der Waals surface area contributed by atoms with E-state index in [0.29, 0.717) is 17.4 Å². The molecule has 0 radical (unpaired) electrons. The molecule has 0 fully saturated rings. The highest BCUT2D eigenvalue weighted by atomic mass is 35.5. The Balaban J connectivity index is 3.20. The summed E-state index contributed by atoms with van der Waals surface area (Å²) >= 11 is 6.17. The average molecular weight is 241 g/mol. The van der Waals surface area contributed by atoms with Gasteiger partial charge in [-0.2, -0.15) is 0 Å². The number of carbonyl (C=O) groups is 1. The lowest BCUT2D eigenvalue weighted by Gasteiger charge is -2.14. The molecule has 1 rings (SSSR count). The zero-order valence-corrected chi connectivity index (χ0v) is 10.9. The first-order chi connectivity index (χ1) is 7.45. The Hall–Kier alpha value is -1.02. The second kappa shape index (κ2) is 5.35. The van der Waals surface area contributed by atoms with E-state index in [9.17, 15) is 4.79 Å². The number of benzene rings is 1. The number of hydrogen-bond donors (Lipinski definition) is 0. The Labute approximate surface area is 102 Å². The molecule has 0 atom stereocenters. The highest BCUT2D eigenvalue weighted by molar-refractivity contribution is 6.31. The van der Waals surface area contributed by atoms with Crippen LogP contribution in [-0.4, -0.2) is 12.9 Å². The van der Waals surface area contributed by atoms with Crippen molar-refractivity contribution in [2.45, 2.75) is 33.1 Å². The van der Waals surface area contributed by atoms with Gasteiger partial charge in [-0.3, -0.25) is 4.79 Å².